The van der Waals surface area contributed by atoms with E-state index in [1.165, 1.54) is 0 Å². The molecule has 0 bridgehead atoms. The van der Waals surface area contributed by atoms with E-state index in [2.05, 4.69) is 10.6 Å². The highest BCUT2D eigenvalue weighted by Crippen LogP contribution is 2.12. The molecule has 0 aliphatic carbocycles. The van der Waals surface area contributed by atoms with Crippen molar-refractivity contribution in [1.29, 1.82) is 0 Å². The average Bonchev–Trinajstić information content (AvgIpc) is 2.46. The van der Waals surface area contributed by atoms with Crippen LogP contribution in [0.4, 0.5) is 5.69 Å². The Balaban J connectivity index is 2.54. The van der Waals surface area contributed by atoms with Gasteiger partial charge in [0.05, 0.1) is 6.42 Å². The standard InChI is InChI=1S/C16H25N3O2/c1-5-17-11-12(2)16(21)18-14-8-6-13(7-9-14)10-15(20)19(3)4/h6-9,12,17H,5,10-11H2,1-4H3,(H,18,21). The molecule has 0 fully saturated rings. The second kappa shape index (κ2) is 8.42. The quantitative estimate of drug-likeness (QED) is 0.800. The maximum absolute atomic E-state index is 12.0. The van der Waals surface area contributed by atoms with Gasteiger partial charge in [-0.25, -0.2) is 0 Å². The number of anilines is 1. The molecule has 5 heteroatoms. The van der Waals surface area contributed by atoms with Crippen LogP contribution >= 0.6 is 0 Å². The Hall–Kier alpha value is -1.88. The normalized spacial score (nSPS) is 11.8. The lowest BCUT2D eigenvalue weighted by Crippen LogP contribution is -2.30. The molecule has 1 aromatic rings. The Morgan fingerprint density at radius 1 is 1.19 bits per heavy atom. The van der Waals surface area contributed by atoms with Crippen LogP contribution in [-0.4, -0.2) is 43.9 Å². The van der Waals surface area contributed by atoms with E-state index < -0.39 is 0 Å². The van der Waals surface area contributed by atoms with E-state index in [4.69, 9.17) is 0 Å². The predicted molar refractivity (Wildman–Crippen MR) is 85.2 cm³/mol. The van der Waals surface area contributed by atoms with Crippen LogP contribution in [0.25, 0.3) is 0 Å². The number of hydrogen-bond acceptors (Lipinski definition) is 3. The molecule has 21 heavy (non-hydrogen) atoms. The first-order valence-corrected chi connectivity index (χ1v) is 7.24. The molecule has 0 spiro atoms. The van der Waals surface area contributed by atoms with E-state index in [0.29, 0.717) is 13.0 Å². The van der Waals surface area contributed by atoms with Gasteiger partial charge in [-0.2, -0.15) is 0 Å². The molecule has 0 aromatic heterocycles. The number of nitrogens with zero attached hydrogens (tertiary/aromatic N) is 1. The zero-order chi connectivity index (χ0) is 15.8. The lowest BCUT2D eigenvalue weighted by Gasteiger charge is -2.13. The van der Waals surface area contributed by atoms with Crippen LogP contribution in [0.15, 0.2) is 24.3 Å². The van der Waals surface area contributed by atoms with Gasteiger partial charge in [-0.15, -0.1) is 0 Å². The Morgan fingerprint density at radius 2 is 1.81 bits per heavy atom. The van der Waals surface area contributed by atoms with E-state index >= 15 is 0 Å². The van der Waals surface area contributed by atoms with Crippen molar-refractivity contribution in [2.75, 3.05) is 32.5 Å². The van der Waals surface area contributed by atoms with Crippen molar-refractivity contribution in [1.82, 2.24) is 10.2 Å². The highest BCUT2D eigenvalue weighted by atomic mass is 16.2. The first-order valence-electron chi connectivity index (χ1n) is 7.24. The van der Waals surface area contributed by atoms with Gasteiger partial charge in [-0.05, 0) is 24.2 Å². The van der Waals surface area contributed by atoms with Crippen molar-refractivity contribution < 1.29 is 9.59 Å². The summed E-state index contributed by atoms with van der Waals surface area (Å²) in [6.07, 6.45) is 0.373. The molecule has 2 N–H and O–H groups in total. The summed E-state index contributed by atoms with van der Waals surface area (Å²) in [5.74, 6) is -0.0286. The lowest BCUT2D eigenvalue weighted by atomic mass is 10.1. The molecule has 0 saturated carbocycles. The minimum atomic E-state index is -0.0834. The molecule has 0 aliphatic heterocycles. The second-order valence-corrected chi connectivity index (χ2v) is 5.36. The van der Waals surface area contributed by atoms with Gasteiger partial charge in [-0.1, -0.05) is 26.0 Å². The summed E-state index contributed by atoms with van der Waals surface area (Å²) in [7, 11) is 3.48. The molecule has 0 saturated heterocycles. The molecule has 0 radical (unpaired) electrons. The molecular formula is C16H25N3O2. The zero-order valence-electron chi connectivity index (χ0n) is 13.3. The van der Waals surface area contributed by atoms with Gasteiger partial charge in [0.25, 0.3) is 0 Å². The van der Waals surface area contributed by atoms with E-state index in [1.54, 1.807) is 19.0 Å². The highest BCUT2D eigenvalue weighted by Gasteiger charge is 2.12. The summed E-state index contributed by atoms with van der Waals surface area (Å²) < 4.78 is 0. The van der Waals surface area contributed by atoms with Crippen LogP contribution in [0, 0.1) is 5.92 Å². The minimum Gasteiger partial charge on any atom is -0.349 e. The van der Waals surface area contributed by atoms with E-state index in [9.17, 15) is 9.59 Å². The largest absolute Gasteiger partial charge is 0.349 e. The smallest absolute Gasteiger partial charge is 0.228 e. The van der Waals surface area contributed by atoms with Gasteiger partial charge in [0.1, 0.15) is 0 Å². The van der Waals surface area contributed by atoms with Crippen molar-refractivity contribution >= 4 is 17.5 Å². The number of carbonyl (C=O) groups excluding carboxylic acids is 2. The molecule has 2 amide bonds. The summed E-state index contributed by atoms with van der Waals surface area (Å²) in [5.41, 5.74) is 1.69. The summed E-state index contributed by atoms with van der Waals surface area (Å²) in [6, 6.07) is 7.39. The fourth-order valence-electron chi connectivity index (χ4n) is 1.76. The van der Waals surface area contributed by atoms with E-state index in [-0.39, 0.29) is 17.7 Å². The topological polar surface area (TPSA) is 61.4 Å². The summed E-state index contributed by atoms with van der Waals surface area (Å²) in [5, 5.41) is 6.03. The third kappa shape index (κ3) is 5.95. The molecule has 0 heterocycles. The van der Waals surface area contributed by atoms with E-state index in [0.717, 1.165) is 17.8 Å². The summed E-state index contributed by atoms with van der Waals surface area (Å²) in [6.45, 7) is 5.42. The zero-order valence-corrected chi connectivity index (χ0v) is 13.3. The average molecular weight is 291 g/mol. The van der Waals surface area contributed by atoms with Crippen molar-refractivity contribution in [3.63, 3.8) is 0 Å². The Morgan fingerprint density at radius 3 is 2.33 bits per heavy atom. The first kappa shape index (κ1) is 17.2. The van der Waals surface area contributed by atoms with Gasteiger partial charge in [0.15, 0.2) is 0 Å². The van der Waals surface area contributed by atoms with Crippen molar-refractivity contribution in [2.24, 2.45) is 5.92 Å². The maximum Gasteiger partial charge on any atom is 0.228 e. The number of amides is 2. The predicted octanol–water partition coefficient (Wildman–Crippen LogP) is 1.50. The number of hydrogen-bond donors (Lipinski definition) is 2. The molecular weight excluding hydrogens is 266 g/mol. The second-order valence-electron chi connectivity index (χ2n) is 5.36. The number of benzene rings is 1. The van der Waals surface area contributed by atoms with Crippen LogP contribution in [-0.2, 0) is 16.0 Å². The number of nitrogens with one attached hydrogen (secondary N) is 2. The third-order valence-corrected chi connectivity index (χ3v) is 3.22. The molecule has 1 aromatic carbocycles. The van der Waals surface area contributed by atoms with Crippen LogP contribution in [0.5, 0.6) is 0 Å². The molecule has 5 nitrogen and oxygen atoms in total. The fourth-order valence-corrected chi connectivity index (χ4v) is 1.76. The van der Waals surface area contributed by atoms with Crippen LogP contribution in [0.1, 0.15) is 19.4 Å². The monoisotopic (exact) mass is 291 g/mol. The van der Waals surface area contributed by atoms with Crippen molar-refractivity contribution in [2.45, 2.75) is 20.3 Å². The molecule has 0 aliphatic rings. The number of carbonyl (C=O) groups is 2. The maximum atomic E-state index is 12.0. The Kier molecular flexibility index (Phi) is 6.88. The molecule has 1 rings (SSSR count). The minimum absolute atomic E-state index is 0.00642. The van der Waals surface area contributed by atoms with Gasteiger partial charge in [0, 0.05) is 32.2 Å². The molecule has 1 unspecified atom stereocenters. The summed E-state index contributed by atoms with van der Waals surface area (Å²) >= 11 is 0. The SMILES string of the molecule is CCNCC(C)C(=O)Nc1ccc(CC(=O)N(C)C)cc1. The van der Waals surface area contributed by atoms with Gasteiger partial charge >= 0.3 is 0 Å². The van der Waals surface area contributed by atoms with Crippen LogP contribution in [0.3, 0.4) is 0 Å². The fraction of sp³-hybridized carbons (Fsp3) is 0.500. The lowest BCUT2D eigenvalue weighted by molar-refractivity contribution is -0.128. The molecule has 1 atom stereocenters. The number of rotatable bonds is 7. The van der Waals surface area contributed by atoms with Crippen molar-refractivity contribution in [3.8, 4) is 0 Å². The summed E-state index contributed by atoms with van der Waals surface area (Å²) in [4.78, 5) is 25.1. The van der Waals surface area contributed by atoms with E-state index in [1.807, 2.05) is 38.1 Å². The Labute approximate surface area is 126 Å². The highest BCUT2D eigenvalue weighted by molar-refractivity contribution is 5.92. The van der Waals surface area contributed by atoms with Gasteiger partial charge in [0.2, 0.25) is 11.8 Å². The third-order valence-electron chi connectivity index (χ3n) is 3.22. The Bertz CT molecular complexity index is 469. The van der Waals surface area contributed by atoms with Gasteiger partial charge in [-0.3, -0.25) is 9.59 Å². The van der Waals surface area contributed by atoms with Crippen LogP contribution in [0.2, 0.25) is 0 Å². The van der Waals surface area contributed by atoms with Crippen molar-refractivity contribution in [3.05, 3.63) is 29.8 Å². The number of likely N-dealkylation sites (N-methyl/N-ethyl adjacent to an activating group) is 1. The first-order chi connectivity index (χ1) is 9.93. The van der Waals surface area contributed by atoms with Crippen LogP contribution < -0.4 is 10.6 Å². The van der Waals surface area contributed by atoms with Gasteiger partial charge < -0.3 is 15.5 Å². The molecule has 116 valence electrons.